The summed E-state index contributed by atoms with van der Waals surface area (Å²) in [6, 6.07) is 3.85. The largest absolute Gasteiger partial charge is 0.372 e. The van der Waals surface area contributed by atoms with E-state index in [0.717, 1.165) is 43.1 Å². The van der Waals surface area contributed by atoms with Crippen molar-refractivity contribution in [2.24, 2.45) is 13.0 Å². The number of rotatable bonds is 5. The van der Waals surface area contributed by atoms with Crippen LogP contribution in [0.4, 0.5) is 5.95 Å². The molecule has 1 aliphatic rings. The maximum atomic E-state index is 6.04. The number of aryl methyl sites for hydroxylation is 1. The molecule has 4 heterocycles. The lowest BCUT2D eigenvalue weighted by molar-refractivity contribution is -0.0284. The predicted molar refractivity (Wildman–Crippen MR) is 96.2 cm³/mol. The van der Waals surface area contributed by atoms with E-state index in [4.69, 9.17) is 4.74 Å². The van der Waals surface area contributed by atoms with Gasteiger partial charge in [-0.05, 0) is 25.0 Å². The number of ether oxygens (including phenoxy) is 1. The molecule has 3 aromatic rings. The third kappa shape index (κ3) is 3.55. The molecule has 0 saturated carbocycles. The Kier molecular flexibility index (Phi) is 4.83. The molecule has 134 valence electrons. The van der Waals surface area contributed by atoms with Crippen molar-refractivity contribution >= 4 is 5.95 Å². The summed E-state index contributed by atoms with van der Waals surface area (Å²) in [5.74, 6) is 0.922. The van der Waals surface area contributed by atoms with Crippen molar-refractivity contribution in [1.82, 2.24) is 29.7 Å². The van der Waals surface area contributed by atoms with Crippen LogP contribution in [0.3, 0.4) is 0 Å². The molecule has 1 N–H and O–H groups in total. The van der Waals surface area contributed by atoms with Crippen molar-refractivity contribution in [2.45, 2.75) is 18.9 Å². The van der Waals surface area contributed by atoms with E-state index in [-0.39, 0.29) is 6.10 Å². The van der Waals surface area contributed by atoms with Crippen LogP contribution in [0.5, 0.6) is 0 Å². The van der Waals surface area contributed by atoms with Crippen LogP contribution in [-0.4, -0.2) is 42.9 Å². The number of aromatic nitrogens is 6. The van der Waals surface area contributed by atoms with Gasteiger partial charge in [0, 0.05) is 50.9 Å². The van der Waals surface area contributed by atoms with Crippen LogP contribution in [0.2, 0.25) is 0 Å². The third-order valence-electron chi connectivity index (χ3n) is 4.60. The molecule has 1 fully saturated rings. The van der Waals surface area contributed by atoms with Crippen molar-refractivity contribution in [3.8, 4) is 11.4 Å². The van der Waals surface area contributed by atoms with Gasteiger partial charge in [0.05, 0.1) is 17.6 Å². The molecule has 0 radical (unpaired) electrons. The molecule has 1 aliphatic heterocycles. The van der Waals surface area contributed by atoms with E-state index in [1.165, 1.54) is 0 Å². The molecule has 0 spiro atoms. The van der Waals surface area contributed by atoms with Crippen LogP contribution < -0.4 is 5.32 Å². The molecule has 0 aliphatic carbocycles. The molecule has 4 rings (SSSR count). The fourth-order valence-corrected chi connectivity index (χ4v) is 3.28. The first-order valence-corrected chi connectivity index (χ1v) is 8.74. The summed E-state index contributed by atoms with van der Waals surface area (Å²) in [7, 11) is 1.95. The third-order valence-corrected chi connectivity index (χ3v) is 4.60. The van der Waals surface area contributed by atoms with Gasteiger partial charge in [-0.1, -0.05) is 0 Å². The van der Waals surface area contributed by atoms with Gasteiger partial charge in [-0.15, -0.1) is 0 Å². The Labute approximate surface area is 151 Å². The highest BCUT2D eigenvalue weighted by atomic mass is 16.5. The second-order valence-corrected chi connectivity index (χ2v) is 6.31. The normalized spacial score (nSPS) is 20.0. The molecule has 3 aromatic heterocycles. The minimum absolute atomic E-state index is 0.0342. The van der Waals surface area contributed by atoms with Crippen molar-refractivity contribution in [1.29, 1.82) is 0 Å². The second kappa shape index (κ2) is 7.57. The topological polar surface area (TPSA) is 90.6 Å². The highest BCUT2D eigenvalue weighted by molar-refractivity contribution is 5.53. The van der Waals surface area contributed by atoms with Crippen LogP contribution in [0.15, 0.2) is 43.1 Å². The van der Waals surface area contributed by atoms with E-state index in [1.807, 2.05) is 30.1 Å². The SMILES string of the molecule is Cn1nccc1[C@@H]1OCCC[C@H]1CNc1nccc(-c2cnccn2)n1. The van der Waals surface area contributed by atoms with Gasteiger partial charge in [-0.2, -0.15) is 5.10 Å². The maximum absolute atomic E-state index is 6.04. The van der Waals surface area contributed by atoms with Gasteiger partial charge in [-0.3, -0.25) is 14.6 Å². The Hall–Kier alpha value is -2.87. The van der Waals surface area contributed by atoms with Crippen LogP contribution in [0.25, 0.3) is 11.4 Å². The number of nitrogens with zero attached hydrogens (tertiary/aromatic N) is 6. The zero-order valence-electron chi connectivity index (χ0n) is 14.6. The van der Waals surface area contributed by atoms with Crippen LogP contribution >= 0.6 is 0 Å². The number of hydrogen-bond donors (Lipinski definition) is 1. The predicted octanol–water partition coefficient (Wildman–Crippen LogP) is 2.25. The Bertz CT molecular complexity index is 852. The molecule has 0 amide bonds. The summed E-state index contributed by atoms with van der Waals surface area (Å²) in [5, 5.41) is 7.62. The Morgan fingerprint density at radius 2 is 2.12 bits per heavy atom. The van der Waals surface area contributed by atoms with Gasteiger partial charge in [-0.25, -0.2) is 9.97 Å². The van der Waals surface area contributed by atoms with Crippen molar-refractivity contribution in [2.75, 3.05) is 18.5 Å². The molecule has 2 atom stereocenters. The van der Waals surface area contributed by atoms with Crippen molar-refractivity contribution in [3.63, 3.8) is 0 Å². The lowest BCUT2D eigenvalue weighted by atomic mass is 9.92. The van der Waals surface area contributed by atoms with Gasteiger partial charge in [0.2, 0.25) is 5.95 Å². The maximum Gasteiger partial charge on any atom is 0.223 e. The van der Waals surface area contributed by atoms with Crippen molar-refractivity contribution < 1.29 is 4.74 Å². The number of nitrogens with one attached hydrogen (secondary N) is 1. The van der Waals surface area contributed by atoms with Crippen LogP contribution in [-0.2, 0) is 11.8 Å². The zero-order chi connectivity index (χ0) is 17.8. The number of anilines is 1. The van der Waals surface area contributed by atoms with Gasteiger partial charge in [0.25, 0.3) is 0 Å². The lowest BCUT2D eigenvalue weighted by Gasteiger charge is -2.31. The standard InChI is InChI=1S/C18H21N7O/c1-25-16(5-7-23-25)17-13(3-2-10-26-17)11-22-18-21-6-4-14(24-18)15-12-19-8-9-20-15/h4-9,12-13,17H,2-3,10-11H2,1H3,(H,21,22,24)/t13-,17+/m0/s1. The Balaban J connectivity index is 1.47. The summed E-state index contributed by atoms with van der Waals surface area (Å²) in [5.41, 5.74) is 2.58. The minimum Gasteiger partial charge on any atom is -0.372 e. The monoisotopic (exact) mass is 351 g/mol. The molecule has 26 heavy (non-hydrogen) atoms. The first kappa shape index (κ1) is 16.6. The van der Waals surface area contributed by atoms with E-state index in [9.17, 15) is 0 Å². The fraction of sp³-hybridized carbons (Fsp3) is 0.389. The summed E-state index contributed by atoms with van der Waals surface area (Å²) in [6.07, 6.45) is 10.7. The summed E-state index contributed by atoms with van der Waals surface area (Å²) in [6.45, 7) is 1.52. The number of hydrogen-bond acceptors (Lipinski definition) is 7. The van der Waals surface area contributed by atoms with Gasteiger partial charge >= 0.3 is 0 Å². The molecule has 0 bridgehead atoms. The zero-order valence-corrected chi connectivity index (χ0v) is 14.6. The van der Waals surface area contributed by atoms with Crippen LogP contribution in [0.1, 0.15) is 24.6 Å². The lowest BCUT2D eigenvalue weighted by Crippen LogP contribution is -2.30. The highest BCUT2D eigenvalue weighted by Crippen LogP contribution is 2.33. The molecule has 8 nitrogen and oxygen atoms in total. The van der Waals surface area contributed by atoms with Gasteiger partial charge in [0.1, 0.15) is 11.8 Å². The summed E-state index contributed by atoms with van der Waals surface area (Å²) >= 11 is 0. The molecule has 1 saturated heterocycles. The summed E-state index contributed by atoms with van der Waals surface area (Å²) < 4.78 is 7.92. The smallest absolute Gasteiger partial charge is 0.223 e. The van der Waals surface area contributed by atoms with E-state index in [1.54, 1.807) is 24.8 Å². The first-order valence-electron chi connectivity index (χ1n) is 8.74. The van der Waals surface area contributed by atoms with Gasteiger partial charge < -0.3 is 10.1 Å². The van der Waals surface area contributed by atoms with Crippen molar-refractivity contribution in [3.05, 3.63) is 48.8 Å². The van der Waals surface area contributed by atoms with E-state index in [2.05, 4.69) is 30.4 Å². The minimum atomic E-state index is 0.0342. The summed E-state index contributed by atoms with van der Waals surface area (Å²) in [4.78, 5) is 17.2. The van der Waals surface area contributed by atoms with E-state index >= 15 is 0 Å². The Morgan fingerprint density at radius 3 is 2.92 bits per heavy atom. The Morgan fingerprint density at radius 1 is 1.15 bits per heavy atom. The first-order chi connectivity index (χ1) is 12.8. The molecular weight excluding hydrogens is 330 g/mol. The highest BCUT2D eigenvalue weighted by Gasteiger charge is 2.29. The van der Waals surface area contributed by atoms with E-state index in [0.29, 0.717) is 11.9 Å². The molecule has 8 heteroatoms. The molecular formula is C18H21N7O. The average molecular weight is 351 g/mol. The average Bonchev–Trinajstić information content (AvgIpc) is 3.13. The van der Waals surface area contributed by atoms with Gasteiger partial charge in [0.15, 0.2) is 0 Å². The van der Waals surface area contributed by atoms with E-state index < -0.39 is 0 Å². The quantitative estimate of drug-likeness (QED) is 0.754. The molecule has 0 aromatic carbocycles. The van der Waals surface area contributed by atoms with Crippen LogP contribution in [0, 0.1) is 5.92 Å². The fourth-order valence-electron chi connectivity index (χ4n) is 3.28. The second-order valence-electron chi connectivity index (χ2n) is 6.31. The molecule has 0 unspecified atom stereocenters.